The number of nitrogens with one attached hydrogen (secondary N) is 1. The number of hydrogen-bond donors (Lipinski definition) is 1. The predicted molar refractivity (Wildman–Crippen MR) is 150 cm³/mol. The molecule has 0 spiro atoms. The Morgan fingerprint density at radius 1 is 1.00 bits per heavy atom. The summed E-state index contributed by atoms with van der Waals surface area (Å²) in [5.41, 5.74) is 0.594. The molecule has 1 N–H and O–H groups in total. The molecule has 3 aromatic rings. The van der Waals surface area contributed by atoms with Crippen molar-refractivity contribution < 1.29 is 23.9 Å². The number of methoxy groups -OCH3 is 1. The van der Waals surface area contributed by atoms with Crippen LogP contribution >= 0.6 is 39.1 Å². The third kappa shape index (κ3) is 5.14. The number of nitrogens with zero attached hydrogens (tertiary/aromatic N) is 2. The summed E-state index contributed by atoms with van der Waals surface area (Å²) in [7, 11) is 1.28. The third-order valence-electron chi connectivity index (χ3n) is 6.95. The lowest BCUT2D eigenvalue weighted by atomic mass is 9.87. The average molecular weight is 631 g/mol. The molecule has 11 heteroatoms. The molecule has 39 heavy (non-hydrogen) atoms. The number of benzene rings is 3. The van der Waals surface area contributed by atoms with Crippen LogP contribution in [0.15, 0.2) is 71.2 Å². The largest absolute Gasteiger partial charge is 0.465 e. The van der Waals surface area contributed by atoms with Gasteiger partial charge in [0.15, 0.2) is 0 Å². The van der Waals surface area contributed by atoms with E-state index in [0.29, 0.717) is 26.9 Å². The van der Waals surface area contributed by atoms with E-state index in [9.17, 15) is 19.2 Å². The minimum absolute atomic E-state index is 0.137. The van der Waals surface area contributed by atoms with Gasteiger partial charge < -0.3 is 15.0 Å². The maximum atomic E-state index is 14.1. The predicted octanol–water partition coefficient (Wildman–Crippen LogP) is 5.49. The van der Waals surface area contributed by atoms with Gasteiger partial charge in [0, 0.05) is 45.5 Å². The fraction of sp³-hybridized carbons (Fsp3) is 0.214. The number of urea groups is 1. The number of hydrogen-bond acceptors (Lipinski definition) is 5. The van der Waals surface area contributed by atoms with Gasteiger partial charge in [-0.05, 0) is 60.2 Å². The van der Waals surface area contributed by atoms with E-state index < -0.39 is 29.5 Å². The molecule has 2 unspecified atom stereocenters. The molecule has 0 saturated carbocycles. The molecule has 0 radical (unpaired) electrons. The van der Waals surface area contributed by atoms with Crippen molar-refractivity contribution in [1.82, 2.24) is 10.2 Å². The summed E-state index contributed by atoms with van der Waals surface area (Å²) < 4.78 is 5.59. The molecule has 200 valence electrons. The molecule has 0 aromatic heterocycles. The number of rotatable bonds is 6. The molecule has 3 aromatic carbocycles. The van der Waals surface area contributed by atoms with E-state index in [1.807, 2.05) is 24.3 Å². The summed E-state index contributed by atoms with van der Waals surface area (Å²) in [4.78, 5) is 55.1. The molecule has 0 bridgehead atoms. The zero-order chi connectivity index (χ0) is 27.9. The molecular formula is C28H22BrCl2N3O5. The summed E-state index contributed by atoms with van der Waals surface area (Å²) >= 11 is 15.8. The van der Waals surface area contributed by atoms with Gasteiger partial charge in [0.1, 0.15) is 5.54 Å². The normalized spacial score (nSPS) is 20.3. The third-order valence-corrected chi connectivity index (χ3v) is 7.91. The maximum Gasteiger partial charge on any atom is 0.337 e. The zero-order valence-corrected chi connectivity index (χ0v) is 23.7. The van der Waals surface area contributed by atoms with Crippen molar-refractivity contribution >= 4 is 68.6 Å². The van der Waals surface area contributed by atoms with Gasteiger partial charge in [-0.3, -0.25) is 9.59 Å². The van der Waals surface area contributed by atoms with Crippen molar-refractivity contribution in [2.24, 2.45) is 0 Å². The first-order valence-corrected chi connectivity index (χ1v) is 13.5. The van der Waals surface area contributed by atoms with Crippen LogP contribution in [0.4, 0.5) is 10.5 Å². The van der Waals surface area contributed by atoms with Crippen LogP contribution in [0.2, 0.25) is 10.0 Å². The highest BCUT2D eigenvalue weighted by molar-refractivity contribution is 9.10. The van der Waals surface area contributed by atoms with E-state index in [1.54, 1.807) is 0 Å². The molecule has 8 nitrogen and oxygen atoms in total. The molecule has 2 heterocycles. The van der Waals surface area contributed by atoms with Crippen LogP contribution in [-0.2, 0) is 16.0 Å². The minimum atomic E-state index is -1.22. The van der Waals surface area contributed by atoms with Crippen molar-refractivity contribution in [3.05, 3.63) is 97.9 Å². The first kappa shape index (κ1) is 27.2. The number of halogens is 3. The topological polar surface area (TPSA) is 96.0 Å². The number of ether oxygens (including phenoxy) is 1. The Bertz CT molecular complexity index is 1460. The smallest absolute Gasteiger partial charge is 0.337 e. The number of anilines is 1. The molecule has 5 rings (SSSR count). The van der Waals surface area contributed by atoms with E-state index in [-0.39, 0.29) is 25.3 Å². The van der Waals surface area contributed by atoms with Crippen molar-refractivity contribution in [1.29, 1.82) is 0 Å². The second-order valence-corrected chi connectivity index (χ2v) is 11.2. The fourth-order valence-corrected chi connectivity index (χ4v) is 5.96. The molecule has 4 amide bonds. The first-order valence-electron chi connectivity index (χ1n) is 12.0. The second kappa shape index (κ2) is 10.6. The highest BCUT2D eigenvalue weighted by Crippen LogP contribution is 2.43. The van der Waals surface area contributed by atoms with Crippen molar-refractivity contribution in [2.75, 3.05) is 18.6 Å². The second-order valence-electron chi connectivity index (χ2n) is 9.44. The summed E-state index contributed by atoms with van der Waals surface area (Å²) in [5.74, 6) is -1.29. The molecule has 0 aliphatic carbocycles. The Kier molecular flexibility index (Phi) is 7.41. The van der Waals surface area contributed by atoms with E-state index in [2.05, 4.69) is 21.2 Å². The van der Waals surface area contributed by atoms with Gasteiger partial charge in [0.25, 0.3) is 11.8 Å². The van der Waals surface area contributed by atoms with Crippen molar-refractivity contribution in [3.8, 4) is 0 Å². The fourth-order valence-electron chi connectivity index (χ4n) is 5.18. The SMILES string of the molecule is COC(=O)c1ccc(C(=O)NC2CN3C(=O)N(c4cc(Cl)cc(Cl)c4)C(=O)C3(Cc3ccc(Br)cc3)C2)cc1. The lowest BCUT2D eigenvalue weighted by Gasteiger charge is -2.28. The lowest BCUT2D eigenvalue weighted by molar-refractivity contribution is -0.124. The van der Waals surface area contributed by atoms with E-state index in [1.165, 1.54) is 54.5 Å². The van der Waals surface area contributed by atoms with Crippen LogP contribution < -0.4 is 10.2 Å². The number of carbonyl (C=O) groups excluding carboxylic acids is 4. The Hall–Kier alpha value is -3.40. The van der Waals surface area contributed by atoms with Gasteiger partial charge in [0.05, 0.1) is 18.4 Å². The van der Waals surface area contributed by atoms with Gasteiger partial charge in [-0.2, -0.15) is 0 Å². The monoisotopic (exact) mass is 629 g/mol. The maximum absolute atomic E-state index is 14.1. The van der Waals surface area contributed by atoms with Gasteiger partial charge in [0.2, 0.25) is 0 Å². The molecule has 2 fully saturated rings. The highest BCUT2D eigenvalue weighted by Gasteiger charge is 2.62. The summed E-state index contributed by atoms with van der Waals surface area (Å²) in [6.07, 6.45) is 0.472. The first-order chi connectivity index (χ1) is 18.6. The molecular weight excluding hydrogens is 609 g/mol. The Balaban J connectivity index is 1.43. The molecule has 2 saturated heterocycles. The quantitative estimate of drug-likeness (QED) is 0.287. The average Bonchev–Trinajstić information content (AvgIpc) is 3.36. The van der Waals surface area contributed by atoms with Crippen LogP contribution in [-0.4, -0.2) is 54.0 Å². The van der Waals surface area contributed by atoms with Gasteiger partial charge in [-0.1, -0.05) is 51.3 Å². The van der Waals surface area contributed by atoms with Gasteiger partial charge in [-0.15, -0.1) is 0 Å². The van der Waals surface area contributed by atoms with Gasteiger partial charge in [-0.25, -0.2) is 14.5 Å². The Labute approximate surface area is 242 Å². The van der Waals surface area contributed by atoms with Crippen LogP contribution in [0.25, 0.3) is 0 Å². The van der Waals surface area contributed by atoms with Crippen LogP contribution in [0.3, 0.4) is 0 Å². The molecule has 2 aliphatic heterocycles. The zero-order valence-electron chi connectivity index (χ0n) is 20.6. The van der Waals surface area contributed by atoms with Crippen LogP contribution in [0, 0.1) is 0 Å². The number of fused-ring (bicyclic) bond motifs is 1. The van der Waals surface area contributed by atoms with E-state index in [0.717, 1.165) is 14.9 Å². The van der Waals surface area contributed by atoms with E-state index in [4.69, 9.17) is 27.9 Å². The Morgan fingerprint density at radius 3 is 2.23 bits per heavy atom. The molecule has 2 atom stereocenters. The summed E-state index contributed by atoms with van der Waals surface area (Å²) in [5, 5.41) is 3.55. The minimum Gasteiger partial charge on any atom is -0.465 e. The van der Waals surface area contributed by atoms with Gasteiger partial charge >= 0.3 is 12.0 Å². The highest BCUT2D eigenvalue weighted by atomic mass is 79.9. The standard InChI is InChI=1S/C28H22BrCl2N3O5/c1-39-25(36)18-6-4-17(5-7-18)24(35)32-22-14-28(13-16-2-8-19(29)9-3-16)26(37)34(27(38)33(28)15-22)23-11-20(30)10-21(31)12-23/h2-12,22H,13-15H2,1H3,(H,32,35). The number of esters is 1. The van der Waals surface area contributed by atoms with Crippen molar-refractivity contribution in [2.45, 2.75) is 24.4 Å². The van der Waals surface area contributed by atoms with Crippen LogP contribution in [0.5, 0.6) is 0 Å². The summed E-state index contributed by atoms with van der Waals surface area (Å²) in [6.45, 7) is 0.137. The van der Waals surface area contributed by atoms with Crippen molar-refractivity contribution in [3.63, 3.8) is 0 Å². The van der Waals surface area contributed by atoms with Crippen LogP contribution in [0.1, 0.15) is 32.7 Å². The number of imide groups is 1. The molecule has 2 aliphatic rings. The summed E-state index contributed by atoms with van der Waals surface area (Å²) in [6, 6.07) is 17.2. The van der Waals surface area contributed by atoms with E-state index >= 15 is 0 Å². The Morgan fingerprint density at radius 2 is 1.62 bits per heavy atom. The lowest BCUT2D eigenvalue weighted by Crippen LogP contribution is -2.47. The number of amides is 4. The number of carbonyl (C=O) groups is 4.